The van der Waals surface area contributed by atoms with Crippen LogP contribution >= 0.6 is 0 Å². The van der Waals surface area contributed by atoms with E-state index in [1.54, 1.807) is 0 Å². The third kappa shape index (κ3) is 4.16. The molecule has 2 aliphatic rings. The molecule has 2 saturated heterocycles. The number of carbonyl (C=O) groups is 1. The predicted molar refractivity (Wildman–Crippen MR) is 111 cm³/mol. The number of rotatable bonds is 6. The fourth-order valence-electron chi connectivity index (χ4n) is 5.05. The first-order valence-corrected chi connectivity index (χ1v) is 10.5. The molecular weight excluding hydrogens is 330 g/mol. The molecule has 2 aromatic rings. The van der Waals surface area contributed by atoms with E-state index in [4.69, 9.17) is 0 Å². The first kappa shape index (κ1) is 18.4. The maximum atomic E-state index is 13.1. The minimum absolute atomic E-state index is 0.200. The molecule has 0 spiro atoms. The lowest BCUT2D eigenvalue weighted by Crippen LogP contribution is -2.44. The van der Waals surface area contributed by atoms with Gasteiger partial charge in [0.25, 0.3) is 0 Å². The molecule has 2 heteroatoms. The van der Waals surface area contributed by atoms with Crippen molar-refractivity contribution in [3.8, 4) is 0 Å². The summed E-state index contributed by atoms with van der Waals surface area (Å²) in [5.41, 5.74) is 3.63. The molecule has 4 rings (SSSR count). The van der Waals surface area contributed by atoms with Gasteiger partial charge in [-0.3, -0.25) is 9.69 Å². The average molecular weight is 362 g/mol. The van der Waals surface area contributed by atoms with Gasteiger partial charge in [-0.1, -0.05) is 68.4 Å². The lowest BCUT2D eigenvalue weighted by atomic mass is 9.84. The summed E-state index contributed by atoms with van der Waals surface area (Å²) < 4.78 is 0. The Hall–Kier alpha value is -1.93. The van der Waals surface area contributed by atoms with Crippen molar-refractivity contribution >= 4 is 5.78 Å². The van der Waals surface area contributed by atoms with E-state index in [0.29, 0.717) is 23.8 Å². The van der Waals surface area contributed by atoms with E-state index in [0.717, 1.165) is 31.4 Å². The van der Waals surface area contributed by atoms with Crippen molar-refractivity contribution in [3.05, 3.63) is 71.3 Å². The van der Waals surface area contributed by atoms with Gasteiger partial charge in [0, 0.05) is 30.1 Å². The second-order valence-electron chi connectivity index (χ2n) is 8.87. The van der Waals surface area contributed by atoms with E-state index in [9.17, 15) is 4.79 Å². The average Bonchev–Trinajstić information content (AvgIpc) is 2.90. The molecule has 27 heavy (non-hydrogen) atoms. The molecule has 0 radical (unpaired) electrons. The van der Waals surface area contributed by atoms with Crippen molar-refractivity contribution in [2.24, 2.45) is 11.8 Å². The number of fused-ring (bicyclic) bond motifs is 2. The highest BCUT2D eigenvalue weighted by Gasteiger charge is 2.42. The second-order valence-corrected chi connectivity index (χ2v) is 8.87. The highest BCUT2D eigenvalue weighted by Crippen LogP contribution is 2.40. The smallest absolute Gasteiger partial charge is 0.166 e. The summed E-state index contributed by atoms with van der Waals surface area (Å²) >= 11 is 0. The van der Waals surface area contributed by atoms with E-state index in [-0.39, 0.29) is 5.92 Å². The van der Waals surface area contributed by atoms with Crippen molar-refractivity contribution in [2.75, 3.05) is 0 Å². The molecule has 142 valence electrons. The molecule has 0 aromatic heterocycles. The highest BCUT2D eigenvalue weighted by atomic mass is 16.1. The zero-order valence-corrected chi connectivity index (χ0v) is 16.6. The molecule has 2 fully saturated rings. The summed E-state index contributed by atoms with van der Waals surface area (Å²) in [6.45, 7) is 5.50. The zero-order valence-electron chi connectivity index (χ0n) is 16.6. The summed E-state index contributed by atoms with van der Waals surface area (Å²) in [5, 5.41) is 0. The minimum atomic E-state index is 0.200. The van der Waals surface area contributed by atoms with Gasteiger partial charge in [0.05, 0.1) is 0 Å². The maximum Gasteiger partial charge on any atom is 0.166 e. The monoisotopic (exact) mass is 361 g/mol. The van der Waals surface area contributed by atoms with Gasteiger partial charge < -0.3 is 0 Å². The van der Waals surface area contributed by atoms with Crippen molar-refractivity contribution in [1.82, 2.24) is 4.90 Å². The van der Waals surface area contributed by atoms with Crippen molar-refractivity contribution in [1.29, 1.82) is 0 Å². The molecule has 2 bridgehead atoms. The molecule has 2 nitrogen and oxygen atoms in total. The maximum absolute atomic E-state index is 13.1. The fourth-order valence-corrected chi connectivity index (χ4v) is 5.05. The normalized spacial score (nSPS) is 25.1. The Bertz CT molecular complexity index is 751. The number of hydrogen-bond donors (Lipinski definition) is 0. The molecule has 0 N–H and O–H groups in total. The quantitative estimate of drug-likeness (QED) is 0.632. The largest absolute Gasteiger partial charge is 0.294 e. The number of Topliss-reactive ketones (excluding diaryl/α,β-unsaturated/α-hetero) is 1. The molecule has 2 aliphatic heterocycles. The third-order valence-electron chi connectivity index (χ3n) is 6.35. The summed E-state index contributed by atoms with van der Waals surface area (Å²) in [6.07, 6.45) is 5.62. The van der Waals surface area contributed by atoms with E-state index in [2.05, 4.69) is 73.3 Å². The predicted octanol–water partition coefficient (Wildman–Crippen LogP) is 5.51. The molecule has 2 aromatic carbocycles. The van der Waals surface area contributed by atoms with Crippen molar-refractivity contribution in [3.63, 3.8) is 0 Å². The van der Waals surface area contributed by atoms with Crippen LogP contribution in [0.3, 0.4) is 0 Å². The number of benzene rings is 2. The minimum Gasteiger partial charge on any atom is -0.294 e. The van der Waals surface area contributed by atoms with Gasteiger partial charge in [0.15, 0.2) is 5.78 Å². The third-order valence-corrected chi connectivity index (χ3v) is 6.35. The molecule has 2 atom stereocenters. The summed E-state index contributed by atoms with van der Waals surface area (Å²) in [5.74, 6) is 1.21. The van der Waals surface area contributed by atoms with Crippen LogP contribution in [0.2, 0.25) is 0 Å². The lowest BCUT2D eigenvalue weighted by Gasteiger charge is -2.38. The van der Waals surface area contributed by atoms with Gasteiger partial charge in [-0.15, -0.1) is 0 Å². The van der Waals surface area contributed by atoms with Gasteiger partial charge in [-0.05, 0) is 49.1 Å². The van der Waals surface area contributed by atoms with Crippen LogP contribution in [0.25, 0.3) is 0 Å². The zero-order chi connectivity index (χ0) is 18.8. The Morgan fingerprint density at radius 3 is 2.15 bits per heavy atom. The molecule has 2 unspecified atom stereocenters. The van der Waals surface area contributed by atoms with Gasteiger partial charge in [-0.2, -0.15) is 0 Å². The van der Waals surface area contributed by atoms with Crippen LogP contribution in [0, 0.1) is 11.8 Å². The second kappa shape index (κ2) is 7.98. The Morgan fingerprint density at radius 1 is 0.926 bits per heavy atom. The van der Waals surface area contributed by atoms with Gasteiger partial charge in [0.1, 0.15) is 0 Å². The fraction of sp³-hybridized carbons (Fsp3) is 0.480. The highest BCUT2D eigenvalue weighted by molar-refractivity contribution is 5.98. The van der Waals surface area contributed by atoms with Crippen LogP contribution in [0.5, 0.6) is 0 Å². The summed E-state index contributed by atoms with van der Waals surface area (Å²) in [4.78, 5) is 15.8. The summed E-state index contributed by atoms with van der Waals surface area (Å²) in [7, 11) is 0. The molecule has 2 heterocycles. The van der Waals surface area contributed by atoms with E-state index in [1.165, 1.54) is 24.0 Å². The molecule has 0 amide bonds. The topological polar surface area (TPSA) is 20.3 Å². The number of nitrogens with zero attached hydrogens (tertiary/aromatic N) is 1. The van der Waals surface area contributed by atoms with Crippen molar-refractivity contribution in [2.45, 2.75) is 64.6 Å². The standard InChI is InChI=1S/C25H31NO/c1-18(2)14-19-8-10-21(11-9-19)25(27)22-15-23-12-13-24(16-22)26(23)17-20-6-4-3-5-7-20/h3-11,18,22-24H,12-17H2,1-2H3. The Kier molecular flexibility index (Phi) is 5.45. The van der Waals surface area contributed by atoms with Gasteiger partial charge in [0.2, 0.25) is 0 Å². The summed E-state index contributed by atoms with van der Waals surface area (Å²) in [6, 6.07) is 20.3. The van der Waals surface area contributed by atoms with Crippen molar-refractivity contribution < 1.29 is 4.79 Å². The molecular formula is C25H31NO. The molecule has 0 saturated carbocycles. The van der Waals surface area contributed by atoms with E-state index < -0.39 is 0 Å². The first-order chi connectivity index (χ1) is 13.1. The van der Waals surface area contributed by atoms with Gasteiger partial charge >= 0.3 is 0 Å². The van der Waals surface area contributed by atoms with Crippen LogP contribution in [0.15, 0.2) is 54.6 Å². The Morgan fingerprint density at radius 2 is 1.56 bits per heavy atom. The number of hydrogen-bond acceptors (Lipinski definition) is 2. The number of carbonyl (C=O) groups excluding carboxylic acids is 1. The first-order valence-electron chi connectivity index (χ1n) is 10.5. The van der Waals surface area contributed by atoms with Crippen LogP contribution < -0.4 is 0 Å². The number of piperidine rings is 1. The molecule has 0 aliphatic carbocycles. The Labute approximate surface area is 163 Å². The SMILES string of the molecule is CC(C)Cc1ccc(C(=O)C2CC3CCC(C2)N3Cc2ccccc2)cc1. The van der Waals surface area contributed by atoms with Crippen LogP contribution in [-0.4, -0.2) is 22.8 Å². The van der Waals surface area contributed by atoms with Crippen LogP contribution in [0.1, 0.15) is 61.0 Å². The van der Waals surface area contributed by atoms with Gasteiger partial charge in [-0.25, -0.2) is 0 Å². The lowest BCUT2D eigenvalue weighted by molar-refractivity contribution is 0.0678. The van der Waals surface area contributed by atoms with E-state index in [1.807, 2.05) is 0 Å². The number of ketones is 1. The van der Waals surface area contributed by atoms with Crippen LogP contribution in [-0.2, 0) is 13.0 Å². The Balaban J connectivity index is 1.41. The van der Waals surface area contributed by atoms with E-state index >= 15 is 0 Å². The van der Waals surface area contributed by atoms with Crippen LogP contribution in [0.4, 0.5) is 0 Å².